The maximum absolute atomic E-state index is 12.5. The summed E-state index contributed by atoms with van der Waals surface area (Å²) >= 11 is 0. The van der Waals surface area contributed by atoms with Crippen molar-refractivity contribution in [1.82, 2.24) is 30.1 Å². The van der Waals surface area contributed by atoms with Crippen molar-refractivity contribution in [3.63, 3.8) is 0 Å². The number of amides is 1. The molecule has 124 valence electrons. The maximum atomic E-state index is 12.5. The van der Waals surface area contributed by atoms with Crippen LogP contribution in [0.4, 0.5) is 0 Å². The van der Waals surface area contributed by atoms with Crippen LogP contribution in [0.25, 0.3) is 0 Å². The van der Waals surface area contributed by atoms with Gasteiger partial charge in [-0.05, 0) is 43.2 Å². The van der Waals surface area contributed by atoms with Gasteiger partial charge >= 0.3 is 0 Å². The number of nitrogens with one attached hydrogen (secondary N) is 1. The van der Waals surface area contributed by atoms with Gasteiger partial charge in [-0.1, -0.05) is 0 Å². The van der Waals surface area contributed by atoms with Crippen LogP contribution in [0.2, 0.25) is 0 Å². The molecule has 3 heterocycles. The molecule has 0 bridgehead atoms. The topological polar surface area (TPSA) is 86.9 Å². The van der Waals surface area contributed by atoms with Crippen LogP contribution < -0.4 is 5.32 Å². The van der Waals surface area contributed by atoms with Crippen LogP contribution >= 0.6 is 0 Å². The van der Waals surface area contributed by atoms with E-state index in [0.717, 1.165) is 30.8 Å². The van der Waals surface area contributed by atoms with Crippen molar-refractivity contribution in [3.05, 3.63) is 28.8 Å². The molecule has 1 fully saturated rings. The van der Waals surface area contributed by atoms with Gasteiger partial charge in [0.15, 0.2) is 5.82 Å². The molecule has 1 unspecified atom stereocenters. The van der Waals surface area contributed by atoms with Crippen molar-refractivity contribution in [2.24, 2.45) is 7.05 Å². The molecule has 0 aromatic carbocycles. The molecule has 1 N–H and O–H groups in total. The molecule has 23 heavy (non-hydrogen) atoms. The first-order valence-corrected chi connectivity index (χ1v) is 7.83. The second-order valence-corrected chi connectivity index (χ2v) is 5.93. The predicted molar refractivity (Wildman–Crippen MR) is 83.0 cm³/mol. The van der Waals surface area contributed by atoms with Crippen LogP contribution in [0.3, 0.4) is 0 Å². The van der Waals surface area contributed by atoms with Gasteiger partial charge in [0.1, 0.15) is 0 Å². The number of nitrogens with zero attached hydrogens (tertiary/aromatic N) is 5. The number of rotatable bonds is 4. The molecule has 2 aromatic heterocycles. The lowest BCUT2D eigenvalue weighted by Gasteiger charge is -2.26. The zero-order chi connectivity index (χ0) is 16.4. The quantitative estimate of drug-likeness (QED) is 0.905. The monoisotopic (exact) mass is 318 g/mol. The molecule has 3 rings (SSSR count). The molecule has 1 amide bonds. The average Bonchev–Trinajstić information content (AvgIpc) is 3.09. The Hall–Kier alpha value is -2.22. The summed E-state index contributed by atoms with van der Waals surface area (Å²) in [6, 6.07) is 2.25. The first-order valence-electron chi connectivity index (χ1n) is 7.83. The maximum Gasteiger partial charge on any atom is 0.253 e. The molecule has 0 saturated carbocycles. The number of carbonyl (C=O) groups is 1. The van der Waals surface area contributed by atoms with Gasteiger partial charge < -0.3 is 14.6 Å². The molecular formula is C15H22N6O2. The Labute approximate surface area is 134 Å². The highest BCUT2D eigenvalue weighted by atomic mass is 16.5. The van der Waals surface area contributed by atoms with E-state index in [4.69, 9.17) is 4.74 Å². The highest BCUT2D eigenvalue weighted by Crippen LogP contribution is 2.26. The summed E-state index contributed by atoms with van der Waals surface area (Å²) in [6.07, 6.45) is 2.14. The Bertz CT molecular complexity index is 699. The van der Waals surface area contributed by atoms with Crippen molar-refractivity contribution in [3.8, 4) is 0 Å². The van der Waals surface area contributed by atoms with Crippen LogP contribution in [0.15, 0.2) is 6.07 Å². The van der Waals surface area contributed by atoms with Crippen LogP contribution in [0, 0.1) is 13.8 Å². The molecule has 1 aliphatic rings. The molecule has 8 heteroatoms. The fourth-order valence-electron chi connectivity index (χ4n) is 3.15. The largest absolute Gasteiger partial charge is 0.379 e. The molecule has 1 saturated heterocycles. The van der Waals surface area contributed by atoms with Gasteiger partial charge in [-0.25, -0.2) is 4.68 Å². The second kappa shape index (κ2) is 6.49. The number of hydrogen-bond donors (Lipinski definition) is 1. The predicted octanol–water partition coefficient (Wildman–Crippen LogP) is 0.910. The van der Waals surface area contributed by atoms with Crippen molar-refractivity contribution in [1.29, 1.82) is 0 Å². The standard InChI is InChI=1S/C15H22N6O2/c1-10-7-13(11(2)21(10)12-5-4-6-23-9-12)15(22)16-8-14-17-18-19-20(14)3/h7,12H,4-6,8-9H2,1-3H3,(H,16,22). The summed E-state index contributed by atoms with van der Waals surface area (Å²) in [5, 5.41) is 14.1. The number of aryl methyl sites for hydroxylation is 2. The summed E-state index contributed by atoms with van der Waals surface area (Å²) in [7, 11) is 1.75. The lowest BCUT2D eigenvalue weighted by Crippen LogP contribution is -2.26. The van der Waals surface area contributed by atoms with E-state index in [1.807, 2.05) is 19.9 Å². The van der Waals surface area contributed by atoms with Crippen molar-refractivity contribution in [2.45, 2.75) is 39.3 Å². The smallest absolute Gasteiger partial charge is 0.253 e. The van der Waals surface area contributed by atoms with Gasteiger partial charge in [-0.15, -0.1) is 5.10 Å². The Morgan fingerprint density at radius 1 is 1.48 bits per heavy atom. The van der Waals surface area contributed by atoms with Gasteiger partial charge in [0.05, 0.1) is 24.8 Å². The lowest BCUT2D eigenvalue weighted by atomic mass is 10.1. The molecule has 0 radical (unpaired) electrons. The van der Waals surface area contributed by atoms with E-state index < -0.39 is 0 Å². The minimum atomic E-state index is -0.107. The fourth-order valence-corrected chi connectivity index (χ4v) is 3.15. The third kappa shape index (κ3) is 3.12. The fraction of sp³-hybridized carbons (Fsp3) is 0.600. The van der Waals surface area contributed by atoms with Crippen LogP contribution in [-0.4, -0.2) is 43.9 Å². The summed E-state index contributed by atoms with van der Waals surface area (Å²) in [5.74, 6) is 0.511. The number of ether oxygens (including phenoxy) is 1. The summed E-state index contributed by atoms with van der Waals surface area (Å²) in [5.41, 5.74) is 2.76. The van der Waals surface area contributed by atoms with Crippen molar-refractivity contribution >= 4 is 5.91 Å². The van der Waals surface area contributed by atoms with Gasteiger partial charge in [-0.3, -0.25) is 4.79 Å². The zero-order valence-electron chi connectivity index (χ0n) is 13.7. The molecule has 0 aliphatic carbocycles. The molecule has 8 nitrogen and oxygen atoms in total. The van der Waals surface area contributed by atoms with E-state index in [2.05, 4.69) is 25.4 Å². The molecule has 1 atom stereocenters. The van der Waals surface area contributed by atoms with Crippen LogP contribution in [0.1, 0.15) is 46.5 Å². The Balaban J connectivity index is 1.74. The second-order valence-electron chi connectivity index (χ2n) is 5.93. The SMILES string of the molecule is Cc1cc(C(=O)NCc2nnnn2C)c(C)n1C1CCCOC1. The van der Waals surface area contributed by atoms with Crippen molar-refractivity contribution in [2.75, 3.05) is 13.2 Å². The van der Waals surface area contributed by atoms with Gasteiger partial charge in [-0.2, -0.15) is 0 Å². The van der Waals surface area contributed by atoms with Gasteiger partial charge in [0.25, 0.3) is 5.91 Å². The average molecular weight is 318 g/mol. The number of carbonyl (C=O) groups excluding carboxylic acids is 1. The van der Waals surface area contributed by atoms with Gasteiger partial charge in [0, 0.05) is 25.0 Å². The van der Waals surface area contributed by atoms with Crippen LogP contribution in [-0.2, 0) is 18.3 Å². The normalized spacial score (nSPS) is 18.1. The Kier molecular flexibility index (Phi) is 4.42. The van der Waals surface area contributed by atoms with E-state index >= 15 is 0 Å². The summed E-state index contributed by atoms with van der Waals surface area (Å²) in [4.78, 5) is 12.5. The third-order valence-electron chi connectivity index (χ3n) is 4.35. The Morgan fingerprint density at radius 3 is 2.96 bits per heavy atom. The number of tetrazole rings is 1. The molecular weight excluding hydrogens is 296 g/mol. The summed E-state index contributed by atoms with van der Waals surface area (Å²) in [6.45, 7) is 5.86. The summed E-state index contributed by atoms with van der Waals surface area (Å²) < 4.78 is 9.34. The van der Waals surface area contributed by atoms with E-state index in [1.54, 1.807) is 11.7 Å². The lowest BCUT2D eigenvalue weighted by molar-refractivity contribution is 0.0579. The number of hydrogen-bond acceptors (Lipinski definition) is 5. The third-order valence-corrected chi connectivity index (χ3v) is 4.35. The Morgan fingerprint density at radius 2 is 2.30 bits per heavy atom. The molecule has 1 aliphatic heterocycles. The van der Waals surface area contributed by atoms with E-state index in [9.17, 15) is 4.79 Å². The van der Waals surface area contributed by atoms with Crippen molar-refractivity contribution < 1.29 is 9.53 Å². The number of aromatic nitrogens is 5. The first kappa shape index (κ1) is 15.7. The molecule has 0 spiro atoms. The highest BCUT2D eigenvalue weighted by Gasteiger charge is 2.23. The van der Waals surface area contributed by atoms with E-state index in [-0.39, 0.29) is 5.91 Å². The highest BCUT2D eigenvalue weighted by molar-refractivity contribution is 5.95. The van der Waals surface area contributed by atoms with E-state index in [1.165, 1.54) is 0 Å². The zero-order valence-corrected chi connectivity index (χ0v) is 13.7. The minimum Gasteiger partial charge on any atom is -0.379 e. The van der Waals surface area contributed by atoms with E-state index in [0.29, 0.717) is 30.6 Å². The van der Waals surface area contributed by atoms with Crippen LogP contribution in [0.5, 0.6) is 0 Å². The first-order chi connectivity index (χ1) is 11.1. The molecule has 2 aromatic rings. The minimum absolute atomic E-state index is 0.107. The van der Waals surface area contributed by atoms with Gasteiger partial charge in [0.2, 0.25) is 0 Å².